The molecule has 0 unspecified atom stereocenters. The molecule has 0 N–H and O–H groups in total. The minimum absolute atomic E-state index is 0.0328. The van der Waals surface area contributed by atoms with E-state index in [1.165, 1.54) is 19.6 Å². The zero-order valence-electron chi connectivity index (χ0n) is 10.0. The second kappa shape index (κ2) is 5.30. The molecule has 92 valence electrons. The molecule has 0 amide bonds. The zero-order valence-corrected chi connectivity index (χ0v) is 10.0. The summed E-state index contributed by atoms with van der Waals surface area (Å²) >= 11 is 0. The molecule has 0 spiro atoms. The number of hydrogen-bond donors (Lipinski definition) is 0. The van der Waals surface area contributed by atoms with E-state index in [9.17, 15) is 9.18 Å². The first-order valence-corrected chi connectivity index (χ1v) is 6.10. The molecule has 0 heterocycles. The molecule has 0 radical (unpaired) electrons. The van der Waals surface area contributed by atoms with Crippen LogP contribution in [0.15, 0.2) is 18.2 Å². The lowest BCUT2D eigenvalue weighted by Crippen LogP contribution is -2.19. The van der Waals surface area contributed by atoms with Crippen molar-refractivity contribution >= 4 is 5.78 Å². The van der Waals surface area contributed by atoms with Crippen LogP contribution >= 0.6 is 0 Å². The highest BCUT2D eigenvalue weighted by Gasteiger charge is 2.27. The van der Waals surface area contributed by atoms with Gasteiger partial charge in [0.25, 0.3) is 0 Å². The number of ether oxygens (including phenoxy) is 1. The number of rotatable bonds is 3. The summed E-state index contributed by atoms with van der Waals surface area (Å²) in [4.78, 5) is 12.3. The van der Waals surface area contributed by atoms with Gasteiger partial charge in [-0.3, -0.25) is 4.79 Å². The Morgan fingerprint density at radius 1 is 1.29 bits per heavy atom. The Bertz CT molecular complexity index is 409. The summed E-state index contributed by atoms with van der Waals surface area (Å²) in [7, 11) is 1.46. The van der Waals surface area contributed by atoms with E-state index in [0.717, 1.165) is 25.7 Å². The smallest absolute Gasteiger partial charge is 0.172 e. The van der Waals surface area contributed by atoms with Crippen LogP contribution in [0.4, 0.5) is 4.39 Å². The summed E-state index contributed by atoms with van der Waals surface area (Å²) in [6.07, 6.45) is 5.05. The molecule has 0 atom stereocenters. The van der Waals surface area contributed by atoms with Gasteiger partial charge in [-0.1, -0.05) is 25.3 Å². The van der Waals surface area contributed by atoms with Gasteiger partial charge in [-0.2, -0.15) is 0 Å². The first kappa shape index (κ1) is 12.1. The summed E-state index contributed by atoms with van der Waals surface area (Å²) in [5.41, 5.74) is 0.127. The van der Waals surface area contributed by atoms with E-state index in [4.69, 9.17) is 4.74 Å². The van der Waals surface area contributed by atoms with Crippen LogP contribution in [-0.2, 0) is 0 Å². The summed E-state index contributed by atoms with van der Waals surface area (Å²) < 4.78 is 18.8. The number of Topliss-reactive ketones (excluding diaryl/α,β-unsaturated/α-hetero) is 1. The normalized spacial score (nSPS) is 16.8. The van der Waals surface area contributed by atoms with Crippen LogP contribution in [0.5, 0.6) is 5.75 Å². The van der Waals surface area contributed by atoms with Crippen LogP contribution < -0.4 is 4.74 Å². The fraction of sp³-hybridized carbons (Fsp3) is 0.500. The summed E-state index contributed by atoms with van der Waals surface area (Å²) in [6.45, 7) is 0. The van der Waals surface area contributed by atoms with Gasteiger partial charge in [-0.25, -0.2) is 4.39 Å². The number of halogens is 1. The molecule has 1 aliphatic rings. The van der Waals surface area contributed by atoms with Crippen LogP contribution in [0.2, 0.25) is 0 Å². The highest BCUT2D eigenvalue weighted by Crippen LogP contribution is 2.31. The Kier molecular flexibility index (Phi) is 3.77. The first-order chi connectivity index (χ1) is 8.24. The number of ketones is 1. The van der Waals surface area contributed by atoms with Gasteiger partial charge in [-0.05, 0) is 25.0 Å². The Morgan fingerprint density at radius 3 is 2.65 bits per heavy atom. The van der Waals surface area contributed by atoms with E-state index in [2.05, 4.69) is 0 Å². The van der Waals surface area contributed by atoms with Crippen LogP contribution in [-0.4, -0.2) is 12.9 Å². The van der Waals surface area contributed by atoms with Crippen molar-refractivity contribution in [1.29, 1.82) is 0 Å². The molecule has 3 heteroatoms. The van der Waals surface area contributed by atoms with Gasteiger partial charge in [0.1, 0.15) is 11.6 Å². The minimum atomic E-state index is -0.472. The van der Waals surface area contributed by atoms with Crippen molar-refractivity contribution in [3.8, 4) is 5.75 Å². The predicted octanol–water partition coefficient (Wildman–Crippen LogP) is 3.60. The maximum absolute atomic E-state index is 13.7. The van der Waals surface area contributed by atoms with Gasteiger partial charge < -0.3 is 4.74 Å². The minimum Gasteiger partial charge on any atom is -0.496 e. The van der Waals surface area contributed by atoms with Crippen LogP contribution in [0, 0.1) is 11.7 Å². The summed E-state index contributed by atoms with van der Waals surface area (Å²) in [5, 5.41) is 0. The van der Waals surface area contributed by atoms with E-state index in [1.807, 2.05) is 0 Å². The molecular weight excluding hydrogens is 219 g/mol. The molecule has 2 rings (SSSR count). The van der Waals surface area contributed by atoms with Gasteiger partial charge in [0.2, 0.25) is 0 Å². The standard InChI is InChI=1S/C14H17FO2/c1-17-12-9-5-8-11(15)13(12)14(16)10-6-3-2-4-7-10/h5,8-10H,2-4,6-7H2,1H3. The predicted molar refractivity (Wildman–Crippen MR) is 63.9 cm³/mol. The van der Waals surface area contributed by atoms with Crippen molar-refractivity contribution in [3.05, 3.63) is 29.6 Å². The van der Waals surface area contributed by atoms with Crippen molar-refractivity contribution in [2.75, 3.05) is 7.11 Å². The topological polar surface area (TPSA) is 26.3 Å². The number of carbonyl (C=O) groups is 1. The molecule has 0 aromatic heterocycles. The molecule has 1 aliphatic carbocycles. The fourth-order valence-electron chi connectivity index (χ4n) is 2.48. The van der Waals surface area contributed by atoms with Gasteiger partial charge in [-0.15, -0.1) is 0 Å². The van der Waals surface area contributed by atoms with E-state index in [0.29, 0.717) is 5.75 Å². The molecule has 2 nitrogen and oxygen atoms in total. The zero-order chi connectivity index (χ0) is 12.3. The maximum Gasteiger partial charge on any atom is 0.172 e. The average molecular weight is 236 g/mol. The summed E-state index contributed by atoms with van der Waals surface area (Å²) in [6, 6.07) is 4.52. The maximum atomic E-state index is 13.7. The molecule has 1 fully saturated rings. The van der Waals surface area contributed by atoms with Crippen molar-refractivity contribution < 1.29 is 13.9 Å². The molecular formula is C14H17FO2. The van der Waals surface area contributed by atoms with Crippen LogP contribution in [0.1, 0.15) is 42.5 Å². The third-order valence-corrected chi connectivity index (χ3v) is 3.42. The highest BCUT2D eigenvalue weighted by molar-refractivity contribution is 6.00. The number of benzene rings is 1. The average Bonchev–Trinajstić information content (AvgIpc) is 2.38. The molecule has 0 saturated heterocycles. The van der Waals surface area contributed by atoms with Crippen molar-refractivity contribution in [1.82, 2.24) is 0 Å². The number of hydrogen-bond acceptors (Lipinski definition) is 2. The Morgan fingerprint density at radius 2 is 2.00 bits per heavy atom. The molecule has 1 saturated carbocycles. The molecule has 17 heavy (non-hydrogen) atoms. The van der Waals surface area contributed by atoms with E-state index >= 15 is 0 Å². The highest BCUT2D eigenvalue weighted by atomic mass is 19.1. The van der Waals surface area contributed by atoms with Crippen LogP contribution in [0.3, 0.4) is 0 Å². The SMILES string of the molecule is COc1cccc(F)c1C(=O)C1CCCCC1. The van der Waals surface area contributed by atoms with Crippen LogP contribution in [0.25, 0.3) is 0 Å². The molecule has 1 aromatic rings. The number of methoxy groups -OCH3 is 1. The third kappa shape index (κ3) is 2.48. The monoisotopic (exact) mass is 236 g/mol. The fourth-order valence-corrected chi connectivity index (χ4v) is 2.48. The van der Waals surface area contributed by atoms with Crippen molar-refractivity contribution in [2.24, 2.45) is 5.92 Å². The largest absolute Gasteiger partial charge is 0.496 e. The third-order valence-electron chi connectivity index (χ3n) is 3.42. The molecule has 1 aromatic carbocycles. The lowest BCUT2D eigenvalue weighted by atomic mass is 9.83. The van der Waals surface area contributed by atoms with Gasteiger partial charge >= 0.3 is 0 Å². The second-order valence-electron chi connectivity index (χ2n) is 4.52. The lowest BCUT2D eigenvalue weighted by molar-refractivity contribution is 0.0882. The number of carbonyl (C=O) groups excluding carboxylic acids is 1. The Labute approximate surface area is 101 Å². The van der Waals surface area contributed by atoms with Gasteiger partial charge in [0, 0.05) is 5.92 Å². The Hall–Kier alpha value is -1.38. The van der Waals surface area contributed by atoms with Gasteiger partial charge in [0.05, 0.1) is 12.7 Å². The second-order valence-corrected chi connectivity index (χ2v) is 4.52. The first-order valence-electron chi connectivity index (χ1n) is 6.10. The molecule has 0 aliphatic heterocycles. The quantitative estimate of drug-likeness (QED) is 0.749. The van der Waals surface area contributed by atoms with E-state index < -0.39 is 5.82 Å². The van der Waals surface area contributed by atoms with Crippen molar-refractivity contribution in [2.45, 2.75) is 32.1 Å². The van der Waals surface area contributed by atoms with E-state index in [1.54, 1.807) is 12.1 Å². The molecule has 0 bridgehead atoms. The summed E-state index contributed by atoms with van der Waals surface area (Å²) in [5.74, 6) is -0.255. The lowest BCUT2D eigenvalue weighted by Gasteiger charge is -2.21. The van der Waals surface area contributed by atoms with Crippen molar-refractivity contribution in [3.63, 3.8) is 0 Å². The van der Waals surface area contributed by atoms with E-state index in [-0.39, 0.29) is 17.3 Å². The van der Waals surface area contributed by atoms with Gasteiger partial charge in [0.15, 0.2) is 5.78 Å². The Balaban J connectivity index is 2.29.